The second-order valence-corrected chi connectivity index (χ2v) is 6.27. The highest BCUT2D eigenvalue weighted by Gasteiger charge is 2.18. The molecular weight excluding hydrogens is 347 g/mol. The third-order valence-electron chi connectivity index (χ3n) is 3.53. The molecule has 2 rings (SSSR count). The van der Waals surface area contributed by atoms with Crippen LogP contribution in [0.25, 0.3) is 0 Å². The molecular formula is C17H19IO. The number of aryl methyl sites for hydroxylation is 4. The topological polar surface area (TPSA) is 20.2 Å². The maximum Gasteiger partial charge on any atom is 0.106 e. The van der Waals surface area contributed by atoms with Crippen molar-refractivity contribution < 1.29 is 5.11 Å². The maximum absolute atomic E-state index is 10.7. The zero-order chi connectivity index (χ0) is 14.2. The van der Waals surface area contributed by atoms with Crippen molar-refractivity contribution in [3.63, 3.8) is 0 Å². The van der Waals surface area contributed by atoms with Crippen molar-refractivity contribution in [2.24, 2.45) is 0 Å². The van der Waals surface area contributed by atoms with Gasteiger partial charge >= 0.3 is 0 Å². The Hall–Kier alpha value is -0.870. The Morgan fingerprint density at radius 3 is 2.11 bits per heavy atom. The van der Waals surface area contributed by atoms with Gasteiger partial charge in [0.2, 0.25) is 0 Å². The Kier molecular flexibility index (Phi) is 4.31. The summed E-state index contributed by atoms with van der Waals surface area (Å²) in [6.07, 6.45) is -0.549. The van der Waals surface area contributed by atoms with Crippen molar-refractivity contribution in [3.05, 3.63) is 67.3 Å². The lowest BCUT2D eigenvalue weighted by Crippen LogP contribution is -2.07. The summed E-state index contributed by atoms with van der Waals surface area (Å²) in [7, 11) is 0. The van der Waals surface area contributed by atoms with E-state index in [-0.39, 0.29) is 0 Å². The first-order valence-corrected chi connectivity index (χ1v) is 7.50. The van der Waals surface area contributed by atoms with E-state index in [1.54, 1.807) is 0 Å². The maximum atomic E-state index is 10.7. The van der Waals surface area contributed by atoms with Crippen LogP contribution in [0.1, 0.15) is 39.5 Å². The molecule has 0 heterocycles. The molecule has 0 fully saturated rings. The average Bonchev–Trinajstić information content (AvgIpc) is 2.31. The van der Waals surface area contributed by atoms with E-state index in [0.717, 1.165) is 25.8 Å². The molecule has 1 N–H and O–H groups in total. The molecule has 0 saturated carbocycles. The largest absolute Gasteiger partial charge is 0.384 e. The summed E-state index contributed by atoms with van der Waals surface area (Å²) in [6, 6.07) is 10.4. The fourth-order valence-electron chi connectivity index (χ4n) is 2.66. The van der Waals surface area contributed by atoms with E-state index < -0.39 is 6.10 Å². The summed E-state index contributed by atoms with van der Waals surface area (Å²) >= 11 is 2.32. The summed E-state index contributed by atoms with van der Waals surface area (Å²) in [6.45, 7) is 8.31. The lowest BCUT2D eigenvalue weighted by atomic mass is 9.91. The first-order chi connectivity index (χ1) is 8.91. The molecule has 2 heteroatoms. The van der Waals surface area contributed by atoms with E-state index in [1.165, 1.54) is 11.1 Å². The second-order valence-electron chi connectivity index (χ2n) is 5.19. The Balaban J connectivity index is 2.56. The molecule has 2 aromatic rings. The molecule has 0 aromatic heterocycles. The van der Waals surface area contributed by atoms with E-state index in [0.29, 0.717) is 0 Å². The van der Waals surface area contributed by atoms with Crippen LogP contribution in [0.3, 0.4) is 0 Å². The van der Waals surface area contributed by atoms with E-state index >= 15 is 0 Å². The minimum Gasteiger partial charge on any atom is -0.384 e. The predicted octanol–water partition coefficient (Wildman–Crippen LogP) is 4.61. The van der Waals surface area contributed by atoms with Crippen LogP contribution in [-0.4, -0.2) is 5.11 Å². The molecule has 0 aliphatic heterocycles. The second kappa shape index (κ2) is 5.63. The Labute approximate surface area is 128 Å². The molecule has 0 saturated heterocycles. The number of hydrogen-bond acceptors (Lipinski definition) is 1. The molecule has 0 radical (unpaired) electrons. The van der Waals surface area contributed by atoms with E-state index in [9.17, 15) is 5.11 Å². The number of halogens is 1. The number of rotatable bonds is 2. The van der Waals surface area contributed by atoms with Gasteiger partial charge in [0.15, 0.2) is 0 Å². The van der Waals surface area contributed by atoms with Gasteiger partial charge in [0, 0.05) is 3.57 Å². The third kappa shape index (κ3) is 2.84. The third-order valence-corrected chi connectivity index (χ3v) is 5.00. The molecule has 2 aromatic carbocycles. The van der Waals surface area contributed by atoms with Crippen LogP contribution >= 0.6 is 22.6 Å². The standard InChI is InChI=1S/C17H19IO/c1-10-8-12(3)15(13(4)9-10)17(19)14-7-5-6-11(2)16(14)18/h5-9,17,19H,1-4H3. The molecule has 0 aliphatic carbocycles. The van der Waals surface area contributed by atoms with Crippen LogP contribution in [0.5, 0.6) is 0 Å². The zero-order valence-electron chi connectivity index (χ0n) is 11.8. The Bertz CT molecular complexity index is 594. The van der Waals surface area contributed by atoms with Gasteiger partial charge in [0.25, 0.3) is 0 Å². The summed E-state index contributed by atoms with van der Waals surface area (Å²) < 4.78 is 1.15. The first-order valence-electron chi connectivity index (χ1n) is 6.42. The van der Waals surface area contributed by atoms with Gasteiger partial charge < -0.3 is 5.11 Å². The lowest BCUT2D eigenvalue weighted by molar-refractivity contribution is 0.218. The van der Waals surface area contributed by atoms with Crippen LogP contribution in [0, 0.1) is 31.3 Å². The van der Waals surface area contributed by atoms with Gasteiger partial charge in [0.05, 0.1) is 0 Å². The van der Waals surface area contributed by atoms with Crippen LogP contribution in [0.2, 0.25) is 0 Å². The zero-order valence-corrected chi connectivity index (χ0v) is 13.9. The van der Waals surface area contributed by atoms with Crippen LogP contribution in [-0.2, 0) is 0 Å². The minimum atomic E-state index is -0.549. The van der Waals surface area contributed by atoms with Crippen molar-refractivity contribution in [2.45, 2.75) is 33.8 Å². The minimum absolute atomic E-state index is 0.549. The average molecular weight is 366 g/mol. The van der Waals surface area contributed by atoms with E-state index in [1.807, 2.05) is 12.1 Å². The van der Waals surface area contributed by atoms with Crippen molar-refractivity contribution in [1.82, 2.24) is 0 Å². The van der Waals surface area contributed by atoms with Gasteiger partial charge in [-0.2, -0.15) is 0 Å². The van der Waals surface area contributed by atoms with Gasteiger partial charge in [-0.25, -0.2) is 0 Å². The van der Waals surface area contributed by atoms with Crippen LogP contribution < -0.4 is 0 Å². The monoisotopic (exact) mass is 366 g/mol. The van der Waals surface area contributed by atoms with Gasteiger partial charge in [-0.05, 0) is 78.1 Å². The van der Waals surface area contributed by atoms with E-state index in [2.05, 4.69) is 68.5 Å². The molecule has 100 valence electrons. The van der Waals surface area contributed by atoms with E-state index in [4.69, 9.17) is 0 Å². The molecule has 0 spiro atoms. The first kappa shape index (κ1) is 14.5. The summed E-state index contributed by atoms with van der Waals surface area (Å²) in [5.74, 6) is 0. The molecule has 0 amide bonds. The fraction of sp³-hybridized carbons (Fsp3) is 0.294. The molecule has 1 nitrogen and oxygen atoms in total. The van der Waals surface area contributed by atoms with Crippen LogP contribution in [0.15, 0.2) is 30.3 Å². The normalized spacial score (nSPS) is 12.5. The van der Waals surface area contributed by atoms with Gasteiger partial charge in [-0.15, -0.1) is 0 Å². The molecule has 0 aliphatic rings. The Morgan fingerprint density at radius 1 is 0.947 bits per heavy atom. The molecule has 19 heavy (non-hydrogen) atoms. The summed E-state index contributed by atoms with van der Waals surface area (Å²) in [5, 5.41) is 10.7. The fourth-order valence-corrected chi connectivity index (χ4v) is 3.31. The summed E-state index contributed by atoms with van der Waals surface area (Å²) in [5.41, 5.74) is 6.79. The number of aliphatic hydroxyl groups excluding tert-OH is 1. The van der Waals surface area contributed by atoms with Gasteiger partial charge in [-0.1, -0.05) is 35.9 Å². The predicted molar refractivity (Wildman–Crippen MR) is 88.6 cm³/mol. The Morgan fingerprint density at radius 2 is 1.53 bits per heavy atom. The quantitative estimate of drug-likeness (QED) is 0.770. The smallest absolute Gasteiger partial charge is 0.106 e. The number of hydrogen-bond donors (Lipinski definition) is 1. The van der Waals surface area contributed by atoms with Crippen molar-refractivity contribution in [2.75, 3.05) is 0 Å². The number of benzene rings is 2. The van der Waals surface area contributed by atoms with Gasteiger partial charge in [0.1, 0.15) is 6.10 Å². The van der Waals surface area contributed by atoms with Crippen molar-refractivity contribution in [3.8, 4) is 0 Å². The highest BCUT2D eigenvalue weighted by molar-refractivity contribution is 14.1. The summed E-state index contributed by atoms with van der Waals surface area (Å²) in [4.78, 5) is 0. The number of aliphatic hydroxyl groups is 1. The lowest BCUT2D eigenvalue weighted by Gasteiger charge is -2.19. The van der Waals surface area contributed by atoms with Crippen LogP contribution in [0.4, 0.5) is 0 Å². The van der Waals surface area contributed by atoms with Crippen molar-refractivity contribution >= 4 is 22.6 Å². The highest BCUT2D eigenvalue weighted by atomic mass is 127. The molecule has 0 bridgehead atoms. The SMILES string of the molecule is Cc1cc(C)c(C(O)c2cccc(C)c2I)c(C)c1. The highest BCUT2D eigenvalue weighted by Crippen LogP contribution is 2.32. The molecule has 1 atom stereocenters. The molecule has 1 unspecified atom stereocenters. The van der Waals surface area contributed by atoms with Crippen molar-refractivity contribution in [1.29, 1.82) is 0 Å². The van der Waals surface area contributed by atoms with Gasteiger partial charge in [-0.3, -0.25) is 0 Å².